The molecule has 1 aromatic rings. The van der Waals surface area contributed by atoms with E-state index in [0.717, 1.165) is 31.2 Å². The van der Waals surface area contributed by atoms with Crippen molar-refractivity contribution in [1.29, 1.82) is 0 Å². The van der Waals surface area contributed by atoms with Crippen LogP contribution < -0.4 is 10.2 Å². The van der Waals surface area contributed by atoms with E-state index in [0.29, 0.717) is 37.7 Å². The maximum atomic E-state index is 13.1. The lowest BCUT2D eigenvalue weighted by Gasteiger charge is -2.34. The highest BCUT2D eigenvalue weighted by Crippen LogP contribution is 2.46. The highest BCUT2D eigenvalue weighted by molar-refractivity contribution is 5.93. The van der Waals surface area contributed by atoms with Crippen molar-refractivity contribution in [3.63, 3.8) is 0 Å². The van der Waals surface area contributed by atoms with Crippen molar-refractivity contribution in [3.05, 3.63) is 29.3 Å². The maximum absolute atomic E-state index is 13.1. The van der Waals surface area contributed by atoms with Gasteiger partial charge in [0.05, 0.1) is 12.1 Å². The van der Waals surface area contributed by atoms with E-state index >= 15 is 0 Å². The molecule has 1 saturated carbocycles. The minimum atomic E-state index is -0.577. The smallest absolute Gasteiger partial charge is 0.274 e. The Bertz CT molecular complexity index is 695. The number of nitrogens with one attached hydrogen (secondary N) is 1. The van der Waals surface area contributed by atoms with Gasteiger partial charge in [0.2, 0.25) is 5.91 Å². The first-order valence-corrected chi connectivity index (χ1v) is 8.72. The van der Waals surface area contributed by atoms with Crippen LogP contribution in [0.15, 0.2) is 18.2 Å². The number of hydroxylamine groups is 1. The second kappa shape index (κ2) is 6.31. The van der Waals surface area contributed by atoms with Crippen molar-refractivity contribution in [2.45, 2.75) is 37.8 Å². The summed E-state index contributed by atoms with van der Waals surface area (Å²) in [6, 6.07) is 5.06. The summed E-state index contributed by atoms with van der Waals surface area (Å²) < 4.78 is 11.3. The zero-order valence-corrected chi connectivity index (χ0v) is 14.0. The van der Waals surface area contributed by atoms with Crippen LogP contribution in [0.2, 0.25) is 0 Å². The predicted molar refractivity (Wildman–Crippen MR) is 87.2 cm³/mol. The maximum Gasteiger partial charge on any atom is 0.274 e. The number of carbonyl (C=O) groups is 2. The minimum absolute atomic E-state index is 0.0206. The number of nitrogens with zero attached hydrogens (tertiary/aromatic N) is 1. The van der Waals surface area contributed by atoms with Crippen molar-refractivity contribution in [2.75, 3.05) is 19.8 Å². The summed E-state index contributed by atoms with van der Waals surface area (Å²) in [7, 11) is 0. The molecule has 3 aliphatic rings. The van der Waals surface area contributed by atoms with Crippen LogP contribution in [0.1, 0.15) is 41.6 Å². The molecular formula is C18H22N2O5. The van der Waals surface area contributed by atoms with Gasteiger partial charge in [0.1, 0.15) is 12.4 Å². The second-order valence-electron chi connectivity index (χ2n) is 7.09. The molecule has 4 rings (SSSR count). The largest absolute Gasteiger partial charge is 0.491 e. The van der Waals surface area contributed by atoms with Gasteiger partial charge in [0, 0.05) is 30.3 Å². The minimum Gasteiger partial charge on any atom is -0.491 e. The third-order valence-corrected chi connectivity index (χ3v) is 5.49. The van der Waals surface area contributed by atoms with E-state index in [1.807, 2.05) is 4.90 Å². The lowest BCUT2D eigenvalue weighted by Crippen LogP contribution is -2.47. The Hall–Kier alpha value is -2.12. The van der Waals surface area contributed by atoms with E-state index in [1.54, 1.807) is 23.7 Å². The molecule has 2 aliphatic heterocycles. The van der Waals surface area contributed by atoms with Crippen LogP contribution in [0.25, 0.3) is 0 Å². The molecule has 0 atom stereocenters. The SMILES string of the molecule is O=C(NO)c1ccc2c(c1)OCC1(CC1)N(C(=O)C1CCOCC1)C2. The van der Waals surface area contributed by atoms with Gasteiger partial charge in [0.15, 0.2) is 0 Å². The first kappa shape index (κ1) is 16.4. The first-order chi connectivity index (χ1) is 12.1. The molecule has 2 heterocycles. The van der Waals surface area contributed by atoms with Crippen molar-refractivity contribution in [3.8, 4) is 5.75 Å². The topological polar surface area (TPSA) is 88.1 Å². The van der Waals surface area contributed by atoms with Gasteiger partial charge in [-0.15, -0.1) is 0 Å². The summed E-state index contributed by atoms with van der Waals surface area (Å²) in [5, 5.41) is 8.80. The monoisotopic (exact) mass is 346 g/mol. The van der Waals surface area contributed by atoms with Crippen molar-refractivity contribution < 1.29 is 24.3 Å². The molecule has 7 heteroatoms. The van der Waals surface area contributed by atoms with Crippen molar-refractivity contribution >= 4 is 11.8 Å². The molecule has 134 valence electrons. The lowest BCUT2D eigenvalue weighted by atomic mass is 9.97. The molecule has 0 bridgehead atoms. The van der Waals surface area contributed by atoms with Crippen LogP contribution >= 0.6 is 0 Å². The Kier molecular flexibility index (Phi) is 4.13. The van der Waals surface area contributed by atoms with E-state index in [-0.39, 0.29) is 17.4 Å². The Morgan fingerprint density at radius 3 is 2.68 bits per heavy atom. The van der Waals surface area contributed by atoms with Crippen LogP contribution in [-0.4, -0.2) is 47.3 Å². The number of hydrogen-bond acceptors (Lipinski definition) is 5. The van der Waals surface area contributed by atoms with Gasteiger partial charge < -0.3 is 14.4 Å². The molecule has 0 aromatic heterocycles. The lowest BCUT2D eigenvalue weighted by molar-refractivity contribution is -0.143. The number of rotatable bonds is 2. The molecule has 1 spiro atoms. The van der Waals surface area contributed by atoms with Gasteiger partial charge in [-0.1, -0.05) is 6.07 Å². The number of ether oxygens (including phenoxy) is 2. The highest BCUT2D eigenvalue weighted by Gasteiger charge is 2.53. The fraction of sp³-hybridized carbons (Fsp3) is 0.556. The Labute approximate surface area is 145 Å². The van der Waals surface area contributed by atoms with Crippen LogP contribution in [0.5, 0.6) is 5.75 Å². The molecule has 25 heavy (non-hydrogen) atoms. The standard InChI is InChI=1S/C18H22N2O5/c21-16(19-23)13-1-2-14-10-20(17(22)12-3-7-24-8-4-12)18(5-6-18)11-25-15(14)9-13/h1-2,9,12,23H,3-8,10-11H2,(H,19,21). The average Bonchev–Trinajstić information content (AvgIpc) is 3.47. The number of amides is 2. The number of carbonyl (C=O) groups excluding carboxylic acids is 2. The number of benzene rings is 1. The number of hydrogen-bond donors (Lipinski definition) is 2. The fourth-order valence-corrected chi connectivity index (χ4v) is 3.69. The van der Waals surface area contributed by atoms with Gasteiger partial charge in [0.25, 0.3) is 5.91 Å². The van der Waals surface area contributed by atoms with E-state index in [9.17, 15) is 9.59 Å². The predicted octanol–water partition coefficient (Wildman–Crippen LogP) is 1.49. The fourth-order valence-electron chi connectivity index (χ4n) is 3.69. The summed E-state index contributed by atoms with van der Waals surface area (Å²) in [6.45, 7) is 2.22. The highest BCUT2D eigenvalue weighted by atomic mass is 16.5. The van der Waals surface area contributed by atoms with E-state index in [1.165, 1.54) is 0 Å². The third kappa shape index (κ3) is 2.98. The Balaban J connectivity index is 1.60. The normalized spacial score (nSPS) is 21.9. The van der Waals surface area contributed by atoms with E-state index < -0.39 is 5.91 Å². The summed E-state index contributed by atoms with van der Waals surface area (Å²) in [6.07, 6.45) is 3.43. The van der Waals surface area contributed by atoms with E-state index in [4.69, 9.17) is 14.7 Å². The molecule has 2 fully saturated rings. The quantitative estimate of drug-likeness (QED) is 0.626. The van der Waals surface area contributed by atoms with Gasteiger partial charge in [-0.25, -0.2) is 5.48 Å². The van der Waals surface area contributed by atoms with E-state index in [2.05, 4.69) is 0 Å². The van der Waals surface area contributed by atoms with Gasteiger partial charge >= 0.3 is 0 Å². The third-order valence-electron chi connectivity index (χ3n) is 5.49. The molecule has 7 nitrogen and oxygen atoms in total. The summed E-state index contributed by atoms with van der Waals surface area (Å²) in [5.41, 5.74) is 2.63. The second-order valence-corrected chi connectivity index (χ2v) is 7.09. The summed E-state index contributed by atoms with van der Waals surface area (Å²) in [4.78, 5) is 26.7. The number of fused-ring (bicyclic) bond motifs is 1. The first-order valence-electron chi connectivity index (χ1n) is 8.72. The van der Waals surface area contributed by atoms with Crippen LogP contribution in [0, 0.1) is 5.92 Å². The Morgan fingerprint density at radius 2 is 2.00 bits per heavy atom. The molecule has 2 amide bonds. The Morgan fingerprint density at radius 1 is 1.24 bits per heavy atom. The van der Waals surface area contributed by atoms with Crippen LogP contribution in [0.4, 0.5) is 0 Å². The van der Waals surface area contributed by atoms with Gasteiger partial charge in [-0.2, -0.15) is 0 Å². The molecule has 2 N–H and O–H groups in total. The van der Waals surface area contributed by atoms with Crippen molar-refractivity contribution in [2.24, 2.45) is 5.92 Å². The molecule has 1 aliphatic carbocycles. The zero-order chi connectivity index (χ0) is 17.4. The van der Waals surface area contributed by atoms with Gasteiger partial charge in [-0.05, 0) is 37.8 Å². The summed E-state index contributed by atoms with van der Waals surface area (Å²) in [5.74, 6) is 0.239. The van der Waals surface area contributed by atoms with Gasteiger partial charge in [-0.3, -0.25) is 14.8 Å². The average molecular weight is 346 g/mol. The molecular weight excluding hydrogens is 324 g/mol. The molecule has 0 radical (unpaired) electrons. The van der Waals surface area contributed by atoms with Crippen LogP contribution in [0.3, 0.4) is 0 Å². The summed E-state index contributed by atoms with van der Waals surface area (Å²) >= 11 is 0. The molecule has 0 unspecified atom stereocenters. The zero-order valence-electron chi connectivity index (χ0n) is 14.0. The molecule has 1 aromatic carbocycles. The van der Waals surface area contributed by atoms with Crippen molar-refractivity contribution in [1.82, 2.24) is 10.4 Å². The van der Waals surface area contributed by atoms with Crippen LogP contribution in [-0.2, 0) is 16.1 Å². The molecule has 1 saturated heterocycles.